The molecule has 0 saturated carbocycles. The minimum absolute atomic E-state index is 0.0431. The van der Waals surface area contributed by atoms with Crippen molar-refractivity contribution in [3.8, 4) is 0 Å². The molecule has 1 aliphatic carbocycles. The number of nitrogens with one attached hydrogen (secondary N) is 1. The first-order valence-electron chi connectivity index (χ1n) is 4.60. The van der Waals surface area contributed by atoms with Crippen LogP contribution in [0.5, 0.6) is 0 Å². The van der Waals surface area contributed by atoms with Crippen molar-refractivity contribution >= 4 is 17.9 Å². The molecule has 3 nitrogen and oxygen atoms in total. The molecule has 0 saturated heterocycles. The van der Waals surface area contributed by atoms with Gasteiger partial charge in [-0.05, 0) is 25.7 Å². The van der Waals surface area contributed by atoms with Gasteiger partial charge in [-0.3, -0.25) is 4.79 Å². The summed E-state index contributed by atoms with van der Waals surface area (Å²) in [5.74, 6) is 0. The SMILES string of the molecule is N[C@@H]1CCC/C=C/C[C@@H]1NC(=O)S. The molecule has 0 spiro atoms. The molecule has 1 rings (SSSR count). The zero-order valence-corrected chi connectivity index (χ0v) is 8.47. The maximum atomic E-state index is 10.7. The molecule has 2 atom stereocenters. The third-order valence-electron chi connectivity index (χ3n) is 2.29. The van der Waals surface area contributed by atoms with Gasteiger partial charge in [0.05, 0.1) is 0 Å². The average molecular weight is 200 g/mol. The smallest absolute Gasteiger partial charge is 0.276 e. The van der Waals surface area contributed by atoms with E-state index in [0.717, 1.165) is 25.7 Å². The first-order chi connectivity index (χ1) is 6.20. The van der Waals surface area contributed by atoms with Gasteiger partial charge in [0.2, 0.25) is 0 Å². The molecule has 0 fully saturated rings. The van der Waals surface area contributed by atoms with E-state index in [1.165, 1.54) is 0 Å². The van der Waals surface area contributed by atoms with E-state index in [9.17, 15) is 4.79 Å². The Bertz CT molecular complexity index is 206. The van der Waals surface area contributed by atoms with Crippen molar-refractivity contribution in [2.45, 2.75) is 37.8 Å². The Labute approximate surface area is 84.2 Å². The lowest BCUT2D eigenvalue weighted by molar-refractivity contribution is 0.254. The number of rotatable bonds is 1. The molecular formula is C9H16N2OS. The van der Waals surface area contributed by atoms with Gasteiger partial charge in [-0.25, -0.2) is 0 Å². The molecule has 0 heterocycles. The maximum absolute atomic E-state index is 10.7. The number of thiol groups is 1. The third-order valence-corrected chi connectivity index (χ3v) is 2.42. The van der Waals surface area contributed by atoms with Crippen molar-refractivity contribution in [3.05, 3.63) is 12.2 Å². The lowest BCUT2D eigenvalue weighted by Gasteiger charge is -2.24. The first-order valence-corrected chi connectivity index (χ1v) is 5.05. The topological polar surface area (TPSA) is 55.1 Å². The van der Waals surface area contributed by atoms with Gasteiger partial charge in [-0.15, -0.1) is 0 Å². The quantitative estimate of drug-likeness (QED) is 0.443. The summed E-state index contributed by atoms with van der Waals surface area (Å²) < 4.78 is 0. The van der Waals surface area contributed by atoms with Crippen molar-refractivity contribution in [3.63, 3.8) is 0 Å². The van der Waals surface area contributed by atoms with Crippen molar-refractivity contribution < 1.29 is 4.79 Å². The number of carbonyl (C=O) groups excluding carboxylic acids is 1. The van der Waals surface area contributed by atoms with E-state index < -0.39 is 0 Å². The molecule has 0 bridgehead atoms. The highest BCUT2D eigenvalue weighted by molar-refractivity contribution is 7.96. The zero-order valence-electron chi connectivity index (χ0n) is 7.57. The van der Waals surface area contributed by atoms with Crippen LogP contribution in [0.25, 0.3) is 0 Å². The van der Waals surface area contributed by atoms with Crippen LogP contribution in [0.2, 0.25) is 0 Å². The second-order valence-electron chi connectivity index (χ2n) is 3.36. The Morgan fingerprint density at radius 1 is 1.54 bits per heavy atom. The molecule has 0 radical (unpaired) electrons. The van der Waals surface area contributed by atoms with E-state index in [-0.39, 0.29) is 17.3 Å². The highest BCUT2D eigenvalue weighted by Crippen LogP contribution is 2.11. The Morgan fingerprint density at radius 2 is 2.31 bits per heavy atom. The minimum atomic E-state index is -0.297. The molecule has 1 aliphatic rings. The van der Waals surface area contributed by atoms with E-state index in [1.54, 1.807) is 0 Å². The first kappa shape index (κ1) is 10.6. The van der Waals surface area contributed by atoms with Crippen LogP contribution >= 0.6 is 12.6 Å². The molecule has 74 valence electrons. The minimum Gasteiger partial charge on any atom is -0.343 e. The summed E-state index contributed by atoms with van der Waals surface area (Å²) in [6.07, 6.45) is 8.18. The van der Waals surface area contributed by atoms with E-state index in [0.29, 0.717) is 0 Å². The highest BCUT2D eigenvalue weighted by Gasteiger charge is 2.18. The summed E-state index contributed by atoms with van der Waals surface area (Å²) in [5.41, 5.74) is 5.91. The van der Waals surface area contributed by atoms with Crippen molar-refractivity contribution in [2.75, 3.05) is 0 Å². The van der Waals surface area contributed by atoms with E-state index in [4.69, 9.17) is 5.73 Å². The predicted molar refractivity (Wildman–Crippen MR) is 56.9 cm³/mol. The monoisotopic (exact) mass is 200 g/mol. The Hall–Kier alpha value is -0.480. The van der Waals surface area contributed by atoms with Crippen molar-refractivity contribution in [1.82, 2.24) is 5.32 Å². The number of hydrogen-bond acceptors (Lipinski definition) is 2. The van der Waals surface area contributed by atoms with E-state index in [1.807, 2.05) is 0 Å². The number of nitrogens with two attached hydrogens (primary N) is 1. The van der Waals surface area contributed by atoms with Gasteiger partial charge in [0.25, 0.3) is 5.24 Å². The summed E-state index contributed by atoms with van der Waals surface area (Å²) in [7, 11) is 0. The Balaban J connectivity index is 2.51. The molecule has 0 aromatic rings. The second kappa shape index (κ2) is 5.29. The van der Waals surface area contributed by atoms with Crippen LogP contribution in [-0.2, 0) is 0 Å². The van der Waals surface area contributed by atoms with Crippen LogP contribution < -0.4 is 11.1 Å². The molecule has 0 aliphatic heterocycles. The Kier molecular flexibility index (Phi) is 4.32. The average Bonchev–Trinajstić information content (AvgIpc) is 2.04. The molecule has 3 N–H and O–H groups in total. The summed E-state index contributed by atoms with van der Waals surface area (Å²) in [6.45, 7) is 0. The van der Waals surface area contributed by atoms with Crippen LogP contribution in [0, 0.1) is 0 Å². The van der Waals surface area contributed by atoms with Crippen molar-refractivity contribution in [1.29, 1.82) is 0 Å². The molecule has 0 aromatic heterocycles. The largest absolute Gasteiger partial charge is 0.343 e. The number of carbonyl (C=O) groups is 1. The fourth-order valence-electron chi connectivity index (χ4n) is 1.53. The van der Waals surface area contributed by atoms with Crippen LogP contribution in [0.1, 0.15) is 25.7 Å². The molecular weight excluding hydrogens is 184 g/mol. The zero-order chi connectivity index (χ0) is 9.68. The van der Waals surface area contributed by atoms with Gasteiger partial charge >= 0.3 is 0 Å². The number of allylic oxidation sites excluding steroid dienone is 1. The highest BCUT2D eigenvalue weighted by atomic mass is 32.1. The molecule has 1 amide bonds. The molecule has 0 aromatic carbocycles. The summed E-state index contributed by atoms with van der Waals surface area (Å²) in [4.78, 5) is 10.7. The summed E-state index contributed by atoms with van der Waals surface area (Å²) in [5, 5.41) is 2.45. The number of hydrogen-bond donors (Lipinski definition) is 3. The fraction of sp³-hybridized carbons (Fsp3) is 0.667. The summed E-state index contributed by atoms with van der Waals surface area (Å²) >= 11 is 3.68. The van der Waals surface area contributed by atoms with Gasteiger partial charge in [0, 0.05) is 12.1 Å². The van der Waals surface area contributed by atoms with Gasteiger partial charge in [0.1, 0.15) is 0 Å². The van der Waals surface area contributed by atoms with E-state index in [2.05, 4.69) is 30.1 Å². The maximum Gasteiger partial charge on any atom is 0.276 e. The van der Waals surface area contributed by atoms with Gasteiger partial charge in [-0.2, -0.15) is 0 Å². The van der Waals surface area contributed by atoms with Crippen molar-refractivity contribution in [2.24, 2.45) is 5.73 Å². The Morgan fingerprint density at radius 3 is 3.00 bits per heavy atom. The van der Waals surface area contributed by atoms with Gasteiger partial charge < -0.3 is 11.1 Å². The standard InChI is InChI=1S/C9H16N2OS/c10-7-5-3-1-2-4-6-8(7)11-9(12)13/h2,4,7-8H,1,3,5-6,10H2,(H2,11,12,13)/b4-2+/t7-,8+/m1/s1. The van der Waals surface area contributed by atoms with Gasteiger partial charge in [0.15, 0.2) is 0 Å². The lowest BCUT2D eigenvalue weighted by atomic mass is 9.97. The van der Waals surface area contributed by atoms with E-state index >= 15 is 0 Å². The predicted octanol–water partition coefficient (Wildman–Crippen LogP) is 1.45. The molecule has 4 heteroatoms. The van der Waals surface area contributed by atoms with Gasteiger partial charge in [-0.1, -0.05) is 24.8 Å². The number of amides is 1. The lowest BCUT2D eigenvalue weighted by Crippen LogP contribution is -2.46. The normalized spacial score (nSPS) is 31.5. The second-order valence-corrected chi connectivity index (χ2v) is 3.76. The van der Waals surface area contributed by atoms with Crippen LogP contribution in [0.15, 0.2) is 12.2 Å². The summed E-state index contributed by atoms with van der Waals surface area (Å²) in [6, 6.07) is 0.0996. The van der Waals surface area contributed by atoms with Crippen LogP contribution in [0.3, 0.4) is 0 Å². The third kappa shape index (κ3) is 3.83. The molecule has 13 heavy (non-hydrogen) atoms. The molecule has 0 unspecified atom stereocenters. The fourth-order valence-corrected chi connectivity index (χ4v) is 1.70. The van der Waals surface area contributed by atoms with Crippen LogP contribution in [0.4, 0.5) is 4.79 Å². The van der Waals surface area contributed by atoms with Crippen LogP contribution in [-0.4, -0.2) is 17.3 Å².